The molecule has 1 fully saturated rings. The lowest BCUT2D eigenvalue weighted by Crippen LogP contribution is -2.57. The van der Waals surface area contributed by atoms with E-state index < -0.39 is 23.6 Å². The Balaban J connectivity index is 2.17. The summed E-state index contributed by atoms with van der Waals surface area (Å²) in [5.74, 6) is -2.14. The van der Waals surface area contributed by atoms with Crippen LogP contribution in [0.2, 0.25) is 0 Å². The van der Waals surface area contributed by atoms with E-state index in [-0.39, 0.29) is 17.9 Å². The number of hydrogen-bond acceptors (Lipinski definition) is 2. The SMILES string of the molecule is CCC1C(=O)NCCN1C(=O)Cc1c(F)cccc1F. The van der Waals surface area contributed by atoms with E-state index in [2.05, 4.69) is 5.32 Å². The first kappa shape index (κ1) is 14.4. The van der Waals surface area contributed by atoms with E-state index >= 15 is 0 Å². The molecule has 0 spiro atoms. The number of halogens is 2. The summed E-state index contributed by atoms with van der Waals surface area (Å²) >= 11 is 0. The highest BCUT2D eigenvalue weighted by atomic mass is 19.1. The first-order valence-corrected chi connectivity index (χ1v) is 6.54. The lowest BCUT2D eigenvalue weighted by atomic mass is 10.1. The van der Waals surface area contributed by atoms with Gasteiger partial charge in [0.25, 0.3) is 0 Å². The van der Waals surface area contributed by atoms with E-state index in [0.29, 0.717) is 19.5 Å². The standard InChI is InChI=1S/C14H16F2N2O2/c1-2-12-14(20)17-6-7-18(12)13(19)8-9-10(15)4-3-5-11(9)16/h3-5,12H,2,6-8H2,1H3,(H,17,20). The molecule has 1 N–H and O–H groups in total. The molecule has 6 heteroatoms. The summed E-state index contributed by atoms with van der Waals surface area (Å²) in [4.78, 5) is 25.3. The molecule has 0 radical (unpaired) electrons. The molecule has 1 atom stereocenters. The summed E-state index contributed by atoms with van der Waals surface area (Å²) in [5, 5.41) is 2.67. The van der Waals surface area contributed by atoms with Crippen molar-refractivity contribution in [3.05, 3.63) is 35.4 Å². The van der Waals surface area contributed by atoms with Crippen LogP contribution in [0, 0.1) is 11.6 Å². The minimum atomic E-state index is -0.743. The van der Waals surface area contributed by atoms with E-state index in [1.807, 2.05) is 0 Å². The second-order valence-electron chi connectivity index (χ2n) is 4.68. The predicted molar refractivity (Wildman–Crippen MR) is 68.9 cm³/mol. The van der Waals surface area contributed by atoms with Crippen molar-refractivity contribution in [3.8, 4) is 0 Å². The minimum absolute atomic E-state index is 0.221. The van der Waals surface area contributed by atoms with Crippen molar-refractivity contribution in [1.82, 2.24) is 10.2 Å². The summed E-state index contributed by atoms with van der Waals surface area (Å²) in [7, 11) is 0. The molecule has 108 valence electrons. The predicted octanol–water partition coefficient (Wildman–Crippen LogP) is 1.24. The number of nitrogens with zero attached hydrogens (tertiary/aromatic N) is 1. The van der Waals surface area contributed by atoms with Gasteiger partial charge in [-0.25, -0.2) is 8.78 Å². The Morgan fingerprint density at radius 2 is 2.05 bits per heavy atom. The number of nitrogens with one attached hydrogen (secondary N) is 1. The summed E-state index contributed by atoms with van der Waals surface area (Å²) in [6.07, 6.45) is 0.0968. The fraction of sp³-hybridized carbons (Fsp3) is 0.429. The van der Waals surface area contributed by atoms with Gasteiger partial charge in [-0.2, -0.15) is 0 Å². The smallest absolute Gasteiger partial charge is 0.242 e. The highest BCUT2D eigenvalue weighted by Crippen LogP contribution is 2.16. The number of hydrogen-bond donors (Lipinski definition) is 1. The lowest BCUT2D eigenvalue weighted by molar-refractivity contribution is -0.142. The average molecular weight is 282 g/mol. The maximum atomic E-state index is 13.5. The Morgan fingerprint density at radius 1 is 1.40 bits per heavy atom. The molecule has 0 bridgehead atoms. The Morgan fingerprint density at radius 3 is 2.65 bits per heavy atom. The molecule has 1 aliphatic rings. The number of carbonyl (C=O) groups is 2. The second-order valence-corrected chi connectivity index (χ2v) is 4.68. The summed E-state index contributed by atoms with van der Waals surface area (Å²) in [5.41, 5.74) is -0.252. The molecule has 1 aromatic rings. The van der Waals surface area contributed by atoms with Gasteiger partial charge in [-0.15, -0.1) is 0 Å². The van der Waals surface area contributed by atoms with Gasteiger partial charge in [-0.05, 0) is 18.6 Å². The van der Waals surface area contributed by atoms with Gasteiger partial charge in [0.2, 0.25) is 11.8 Å². The van der Waals surface area contributed by atoms with Gasteiger partial charge in [-0.1, -0.05) is 13.0 Å². The first-order chi connectivity index (χ1) is 9.54. The Kier molecular flexibility index (Phi) is 4.32. The van der Waals surface area contributed by atoms with Crippen molar-refractivity contribution < 1.29 is 18.4 Å². The molecule has 1 aliphatic heterocycles. The molecule has 0 saturated carbocycles. The van der Waals surface area contributed by atoms with Crippen LogP contribution in [0.3, 0.4) is 0 Å². The minimum Gasteiger partial charge on any atom is -0.353 e. The van der Waals surface area contributed by atoms with Gasteiger partial charge < -0.3 is 10.2 Å². The third kappa shape index (κ3) is 2.79. The summed E-state index contributed by atoms with van der Waals surface area (Å²) < 4.78 is 27.1. The van der Waals surface area contributed by atoms with Crippen molar-refractivity contribution in [3.63, 3.8) is 0 Å². The van der Waals surface area contributed by atoms with Gasteiger partial charge in [0, 0.05) is 18.7 Å². The zero-order valence-electron chi connectivity index (χ0n) is 11.2. The third-order valence-corrected chi connectivity index (χ3v) is 3.43. The van der Waals surface area contributed by atoms with E-state index in [0.717, 1.165) is 12.1 Å². The highest BCUT2D eigenvalue weighted by molar-refractivity contribution is 5.89. The largest absolute Gasteiger partial charge is 0.353 e. The maximum absolute atomic E-state index is 13.5. The van der Waals surface area contributed by atoms with Crippen LogP contribution in [0.5, 0.6) is 0 Å². The highest BCUT2D eigenvalue weighted by Gasteiger charge is 2.32. The molecule has 0 aliphatic carbocycles. The number of rotatable bonds is 3. The second kappa shape index (κ2) is 5.98. The molecule has 0 aromatic heterocycles. The molecule has 1 aromatic carbocycles. The average Bonchev–Trinajstić information content (AvgIpc) is 2.42. The third-order valence-electron chi connectivity index (χ3n) is 3.43. The van der Waals surface area contributed by atoms with Crippen LogP contribution < -0.4 is 5.32 Å². The fourth-order valence-corrected chi connectivity index (χ4v) is 2.37. The number of benzene rings is 1. The molecule has 2 amide bonds. The van der Waals surface area contributed by atoms with Crippen molar-refractivity contribution in [2.24, 2.45) is 0 Å². The molecule has 20 heavy (non-hydrogen) atoms. The zero-order chi connectivity index (χ0) is 14.7. The van der Waals surface area contributed by atoms with Crippen molar-refractivity contribution >= 4 is 11.8 Å². The first-order valence-electron chi connectivity index (χ1n) is 6.54. The van der Waals surface area contributed by atoms with Crippen molar-refractivity contribution in [1.29, 1.82) is 0 Å². The molecule has 4 nitrogen and oxygen atoms in total. The topological polar surface area (TPSA) is 49.4 Å². The molecule has 2 rings (SSSR count). The molecular formula is C14H16F2N2O2. The summed E-state index contributed by atoms with van der Waals surface area (Å²) in [6.45, 7) is 2.51. The molecule has 1 saturated heterocycles. The quantitative estimate of drug-likeness (QED) is 0.907. The van der Waals surface area contributed by atoms with Crippen LogP contribution in [0.15, 0.2) is 18.2 Å². The molecule has 1 unspecified atom stereocenters. The zero-order valence-corrected chi connectivity index (χ0v) is 11.2. The van der Waals surface area contributed by atoms with Crippen LogP contribution in [-0.4, -0.2) is 35.8 Å². The summed E-state index contributed by atoms with van der Waals surface area (Å²) in [6, 6.07) is 2.92. The Hall–Kier alpha value is -1.98. The van der Waals surface area contributed by atoms with Crippen molar-refractivity contribution in [2.75, 3.05) is 13.1 Å². The van der Waals surface area contributed by atoms with Crippen molar-refractivity contribution in [2.45, 2.75) is 25.8 Å². The van der Waals surface area contributed by atoms with Crippen LogP contribution >= 0.6 is 0 Å². The van der Waals surface area contributed by atoms with Gasteiger partial charge in [-0.3, -0.25) is 9.59 Å². The van der Waals surface area contributed by atoms with Gasteiger partial charge in [0.1, 0.15) is 17.7 Å². The van der Waals surface area contributed by atoms with Gasteiger partial charge in [0.05, 0.1) is 6.42 Å². The lowest BCUT2D eigenvalue weighted by Gasteiger charge is -2.34. The fourth-order valence-electron chi connectivity index (χ4n) is 2.37. The number of carbonyl (C=O) groups excluding carboxylic acids is 2. The maximum Gasteiger partial charge on any atom is 0.242 e. The van der Waals surface area contributed by atoms with E-state index in [9.17, 15) is 18.4 Å². The molecular weight excluding hydrogens is 266 g/mol. The number of piperazine rings is 1. The van der Waals surface area contributed by atoms with E-state index in [4.69, 9.17) is 0 Å². The van der Waals surface area contributed by atoms with E-state index in [1.54, 1.807) is 6.92 Å². The Bertz CT molecular complexity index is 514. The number of amides is 2. The van der Waals surface area contributed by atoms with Crippen LogP contribution in [0.25, 0.3) is 0 Å². The Labute approximate surface area is 115 Å². The van der Waals surface area contributed by atoms with Gasteiger partial charge >= 0.3 is 0 Å². The van der Waals surface area contributed by atoms with E-state index in [1.165, 1.54) is 11.0 Å². The van der Waals surface area contributed by atoms with Crippen LogP contribution in [-0.2, 0) is 16.0 Å². The monoisotopic (exact) mass is 282 g/mol. The van der Waals surface area contributed by atoms with Gasteiger partial charge in [0.15, 0.2) is 0 Å². The van der Waals surface area contributed by atoms with Crippen LogP contribution in [0.1, 0.15) is 18.9 Å². The van der Waals surface area contributed by atoms with Crippen LogP contribution in [0.4, 0.5) is 8.78 Å². The normalized spacial score (nSPS) is 18.9. The molecule has 1 heterocycles.